The van der Waals surface area contributed by atoms with Crippen LogP contribution in [0.2, 0.25) is 5.02 Å². The van der Waals surface area contributed by atoms with E-state index in [-0.39, 0.29) is 12.2 Å². The van der Waals surface area contributed by atoms with Gasteiger partial charge in [-0.05, 0) is 46.3 Å². The summed E-state index contributed by atoms with van der Waals surface area (Å²) in [6.45, 7) is -0.264. The van der Waals surface area contributed by atoms with Gasteiger partial charge in [-0.25, -0.2) is 9.66 Å². The van der Waals surface area contributed by atoms with Crippen LogP contribution in [0.15, 0.2) is 58.1 Å². The molecule has 0 saturated carbocycles. The first-order valence-corrected chi connectivity index (χ1v) is 8.06. The number of hydrogen-bond donors (Lipinski definition) is 1. The second-order valence-corrected chi connectivity index (χ2v) is 6.13. The minimum absolute atomic E-state index is 0.264. The molecule has 0 fully saturated rings. The third kappa shape index (κ3) is 3.58. The molecule has 0 spiro atoms. The number of nitrogens with zero attached hydrogens (tertiary/aromatic N) is 2. The largest absolute Gasteiger partial charge is 0.483 e. The molecule has 0 radical (unpaired) electrons. The van der Waals surface area contributed by atoms with Crippen LogP contribution in [0.3, 0.4) is 0 Å². The maximum atomic E-state index is 12.3. The van der Waals surface area contributed by atoms with Gasteiger partial charge in [0.2, 0.25) is 0 Å². The number of para-hydroxylation sites is 1. The third-order valence-corrected chi connectivity index (χ3v) is 4.02. The number of carbonyl (C=O) groups is 1. The standard InChI is InChI=1S/C16H11BrClN3O3/c17-12-7-10(18)5-6-14(12)24-8-15(22)20-21-9-19-13-4-2-1-3-11(13)16(21)23/h1-7,9H,8H2,(H,20,22). The molecule has 1 amide bonds. The Balaban J connectivity index is 1.71. The average Bonchev–Trinajstić information content (AvgIpc) is 2.57. The summed E-state index contributed by atoms with van der Waals surface area (Å²) in [6.07, 6.45) is 1.26. The number of benzene rings is 2. The van der Waals surface area contributed by atoms with Gasteiger partial charge in [0.15, 0.2) is 6.61 Å². The number of aromatic nitrogens is 2. The molecule has 6 nitrogen and oxygen atoms in total. The van der Waals surface area contributed by atoms with Crippen LogP contribution in [0, 0.1) is 0 Å². The number of ether oxygens (including phenoxy) is 1. The maximum Gasteiger partial charge on any atom is 0.280 e. The molecular weight excluding hydrogens is 398 g/mol. The molecule has 2 aromatic carbocycles. The van der Waals surface area contributed by atoms with Crippen LogP contribution in [-0.2, 0) is 4.79 Å². The first kappa shape index (κ1) is 16.5. The summed E-state index contributed by atoms with van der Waals surface area (Å²) in [4.78, 5) is 28.4. The van der Waals surface area contributed by atoms with E-state index in [2.05, 4.69) is 26.3 Å². The van der Waals surface area contributed by atoms with Crippen molar-refractivity contribution >= 4 is 44.3 Å². The fourth-order valence-electron chi connectivity index (χ4n) is 2.05. The molecular formula is C16H11BrClN3O3. The lowest BCUT2D eigenvalue weighted by Crippen LogP contribution is -2.35. The Bertz CT molecular complexity index is 974. The Morgan fingerprint density at radius 2 is 2.08 bits per heavy atom. The van der Waals surface area contributed by atoms with E-state index in [1.54, 1.807) is 42.5 Å². The first-order valence-electron chi connectivity index (χ1n) is 6.89. The molecule has 1 heterocycles. The molecule has 122 valence electrons. The van der Waals surface area contributed by atoms with Crippen LogP contribution in [0.1, 0.15) is 0 Å². The van der Waals surface area contributed by atoms with E-state index >= 15 is 0 Å². The number of nitrogens with one attached hydrogen (secondary N) is 1. The van der Waals surface area contributed by atoms with Crippen LogP contribution in [0.4, 0.5) is 0 Å². The molecule has 3 aromatic rings. The van der Waals surface area contributed by atoms with Crippen molar-refractivity contribution in [2.45, 2.75) is 0 Å². The van der Waals surface area contributed by atoms with E-state index < -0.39 is 5.91 Å². The minimum Gasteiger partial charge on any atom is -0.483 e. The van der Waals surface area contributed by atoms with Gasteiger partial charge in [0.05, 0.1) is 15.4 Å². The van der Waals surface area contributed by atoms with Crippen LogP contribution in [0.25, 0.3) is 10.9 Å². The smallest absolute Gasteiger partial charge is 0.280 e. The average molecular weight is 409 g/mol. The summed E-state index contributed by atoms with van der Waals surface area (Å²) in [6, 6.07) is 11.8. The lowest BCUT2D eigenvalue weighted by molar-refractivity contribution is -0.119. The molecule has 0 aliphatic rings. The van der Waals surface area contributed by atoms with Crippen molar-refractivity contribution in [2.24, 2.45) is 0 Å². The van der Waals surface area contributed by atoms with Gasteiger partial charge in [-0.1, -0.05) is 23.7 Å². The van der Waals surface area contributed by atoms with Crippen LogP contribution < -0.4 is 15.7 Å². The van der Waals surface area contributed by atoms with Crippen molar-refractivity contribution in [3.63, 3.8) is 0 Å². The quantitative estimate of drug-likeness (QED) is 0.720. The molecule has 0 aliphatic carbocycles. The molecule has 0 atom stereocenters. The number of halogens is 2. The maximum absolute atomic E-state index is 12.3. The molecule has 0 bridgehead atoms. The Labute approximate surface area is 150 Å². The van der Waals surface area contributed by atoms with E-state index in [1.807, 2.05) is 0 Å². The molecule has 1 aromatic heterocycles. The van der Waals surface area contributed by atoms with Gasteiger partial charge in [0, 0.05) is 5.02 Å². The van der Waals surface area contributed by atoms with Crippen molar-refractivity contribution < 1.29 is 9.53 Å². The summed E-state index contributed by atoms with van der Waals surface area (Å²) < 4.78 is 7.06. The zero-order valence-electron chi connectivity index (χ0n) is 12.2. The van der Waals surface area contributed by atoms with Crippen molar-refractivity contribution in [2.75, 3.05) is 12.0 Å². The number of rotatable bonds is 4. The Morgan fingerprint density at radius 1 is 1.29 bits per heavy atom. The van der Waals surface area contributed by atoms with Gasteiger partial charge in [-0.3, -0.25) is 15.0 Å². The van der Waals surface area contributed by atoms with Gasteiger partial charge in [-0.2, -0.15) is 0 Å². The highest BCUT2D eigenvalue weighted by atomic mass is 79.9. The zero-order valence-corrected chi connectivity index (χ0v) is 14.5. The highest BCUT2D eigenvalue weighted by Crippen LogP contribution is 2.27. The highest BCUT2D eigenvalue weighted by Gasteiger charge is 2.09. The first-order chi connectivity index (χ1) is 11.5. The van der Waals surface area contributed by atoms with Crippen molar-refractivity contribution in [1.29, 1.82) is 0 Å². The normalized spacial score (nSPS) is 10.6. The van der Waals surface area contributed by atoms with Gasteiger partial charge in [0.25, 0.3) is 11.5 Å². The van der Waals surface area contributed by atoms with E-state index in [4.69, 9.17) is 16.3 Å². The number of amides is 1. The monoisotopic (exact) mass is 407 g/mol. The predicted molar refractivity (Wildman–Crippen MR) is 95.0 cm³/mol. The van der Waals surface area contributed by atoms with Crippen LogP contribution >= 0.6 is 27.5 Å². The summed E-state index contributed by atoms with van der Waals surface area (Å²) >= 11 is 9.14. The fourth-order valence-corrected chi connectivity index (χ4v) is 2.85. The summed E-state index contributed by atoms with van der Waals surface area (Å²) in [7, 11) is 0. The topological polar surface area (TPSA) is 73.2 Å². The SMILES string of the molecule is O=C(COc1ccc(Cl)cc1Br)Nn1cnc2ccccc2c1=O. The van der Waals surface area contributed by atoms with Crippen molar-refractivity contribution in [1.82, 2.24) is 9.66 Å². The number of fused-ring (bicyclic) bond motifs is 1. The highest BCUT2D eigenvalue weighted by molar-refractivity contribution is 9.10. The third-order valence-electron chi connectivity index (χ3n) is 3.16. The number of hydrogen-bond acceptors (Lipinski definition) is 4. The Hall–Kier alpha value is -2.38. The molecule has 0 saturated heterocycles. The lowest BCUT2D eigenvalue weighted by Gasteiger charge is -2.10. The molecule has 1 N–H and O–H groups in total. The zero-order chi connectivity index (χ0) is 17.1. The lowest BCUT2D eigenvalue weighted by atomic mass is 10.2. The molecule has 0 aliphatic heterocycles. The Kier molecular flexibility index (Phi) is 4.82. The molecule has 8 heteroatoms. The second-order valence-electron chi connectivity index (χ2n) is 4.84. The summed E-state index contributed by atoms with van der Waals surface area (Å²) in [5.41, 5.74) is 2.64. The Morgan fingerprint density at radius 3 is 2.88 bits per heavy atom. The van der Waals surface area contributed by atoms with Crippen molar-refractivity contribution in [3.8, 4) is 5.75 Å². The fraction of sp³-hybridized carbons (Fsp3) is 0.0625. The second kappa shape index (κ2) is 7.02. The number of carbonyl (C=O) groups excluding carboxylic acids is 1. The minimum atomic E-state index is -0.490. The van der Waals surface area contributed by atoms with Crippen LogP contribution in [-0.4, -0.2) is 22.2 Å². The summed E-state index contributed by atoms with van der Waals surface area (Å²) in [5, 5.41) is 0.967. The van der Waals surface area contributed by atoms with Crippen LogP contribution in [0.5, 0.6) is 5.75 Å². The molecule has 24 heavy (non-hydrogen) atoms. The predicted octanol–water partition coefficient (Wildman–Crippen LogP) is 2.96. The van der Waals surface area contributed by atoms with Gasteiger partial charge in [0.1, 0.15) is 12.1 Å². The van der Waals surface area contributed by atoms with E-state index in [0.717, 1.165) is 4.68 Å². The molecule has 0 unspecified atom stereocenters. The molecule has 3 rings (SSSR count). The van der Waals surface area contributed by atoms with Gasteiger partial charge in [-0.15, -0.1) is 0 Å². The van der Waals surface area contributed by atoms with Gasteiger partial charge < -0.3 is 4.74 Å². The van der Waals surface area contributed by atoms with Gasteiger partial charge >= 0.3 is 0 Å². The van der Waals surface area contributed by atoms with E-state index in [0.29, 0.717) is 26.1 Å². The van der Waals surface area contributed by atoms with E-state index in [9.17, 15) is 9.59 Å². The van der Waals surface area contributed by atoms with Crippen molar-refractivity contribution in [3.05, 3.63) is 68.6 Å². The van der Waals surface area contributed by atoms with E-state index in [1.165, 1.54) is 6.33 Å². The summed E-state index contributed by atoms with van der Waals surface area (Å²) in [5.74, 6) is -0.0189.